The highest BCUT2D eigenvalue weighted by molar-refractivity contribution is 5.96. The van der Waals surface area contributed by atoms with Gasteiger partial charge in [0.2, 0.25) is 0 Å². The van der Waals surface area contributed by atoms with E-state index in [1.165, 1.54) is 18.9 Å². The maximum atomic E-state index is 12.5. The molecular formula is C19H22N2O3. The van der Waals surface area contributed by atoms with E-state index in [-0.39, 0.29) is 23.3 Å². The van der Waals surface area contributed by atoms with Gasteiger partial charge in [0.1, 0.15) is 0 Å². The van der Waals surface area contributed by atoms with Crippen LogP contribution in [0, 0.1) is 0 Å². The summed E-state index contributed by atoms with van der Waals surface area (Å²) in [4.78, 5) is 26.7. The Morgan fingerprint density at radius 3 is 2.50 bits per heavy atom. The van der Waals surface area contributed by atoms with E-state index < -0.39 is 5.56 Å². The summed E-state index contributed by atoms with van der Waals surface area (Å²) in [6.45, 7) is 0. The SMILES string of the molecule is COc1c(C(=O)N[C@H]2CC[C@@H](c3ccccc3)CC2)cc[nH]c1=O. The van der Waals surface area contributed by atoms with Crippen molar-refractivity contribution in [2.45, 2.75) is 37.6 Å². The number of amides is 1. The molecule has 0 aliphatic heterocycles. The van der Waals surface area contributed by atoms with Gasteiger partial charge < -0.3 is 15.0 Å². The van der Waals surface area contributed by atoms with Crippen molar-refractivity contribution >= 4 is 5.91 Å². The van der Waals surface area contributed by atoms with Gasteiger partial charge in [0.05, 0.1) is 12.7 Å². The minimum atomic E-state index is -0.391. The average molecular weight is 326 g/mol. The molecular weight excluding hydrogens is 304 g/mol. The molecule has 1 aromatic carbocycles. The Bertz CT molecular complexity index is 747. The van der Waals surface area contributed by atoms with Crippen LogP contribution in [0.15, 0.2) is 47.4 Å². The first-order chi connectivity index (χ1) is 11.7. The molecule has 2 aromatic rings. The number of methoxy groups -OCH3 is 1. The monoisotopic (exact) mass is 326 g/mol. The van der Waals surface area contributed by atoms with E-state index in [2.05, 4.69) is 34.6 Å². The average Bonchev–Trinajstić information content (AvgIpc) is 2.63. The van der Waals surface area contributed by atoms with Gasteiger partial charge in [0, 0.05) is 12.2 Å². The summed E-state index contributed by atoms with van der Waals surface area (Å²) in [5.74, 6) is 0.377. The Morgan fingerprint density at radius 2 is 1.83 bits per heavy atom. The number of pyridine rings is 1. The predicted octanol–water partition coefficient (Wildman–Crippen LogP) is 2.84. The maximum Gasteiger partial charge on any atom is 0.291 e. The van der Waals surface area contributed by atoms with Crippen LogP contribution in [-0.4, -0.2) is 24.0 Å². The fourth-order valence-corrected chi connectivity index (χ4v) is 3.41. The van der Waals surface area contributed by atoms with Crippen molar-refractivity contribution in [3.63, 3.8) is 0 Å². The van der Waals surface area contributed by atoms with Crippen molar-refractivity contribution in [1.29, 1.82) is 0 Å². The number of aromatic amines is 1. The quantitative estimate of drug-likeness (QED) is 0.907. The summed E-state index contributed by atoms with van der Waals surface area (Å²) in [7, 11) is 1.40. The number of carbonyl (C=O) groups is 1. The number of rotatable bonds is 4. The van der Waals surface area contributed by atoms with Crippen LogP contribution in [-0.2, 0) is 0 Å². The van der Waals surface area contributed by atoms with Gasteiger partial charge in [0.15, 0.2) is 5.75 Å². The van der Waals surface area contributed by atoms with E-state index in [4.69, 9.17) is 4.74 Å². The molecule has 0 spiro atoms. The number of benzene rings is 1. The molecule has 126 valence electrons. The molecule has 0 unspecified atom stereocenters. The topological polar surface area (TPSA) is 71.2 Å². The minimum Gasteiger partial charge on any atom is -0.491 e. The van der Waals surface area contributed by atoms with Crippen LogP contribution < -0.4 is 15.6 Å². The molecule has 1 aliphatic rings. The summed E-state index contributed by atoms with van der Waals surface area (Å²) >= 11 is 0. The maximum absolute atomic E-state index is 12.5. The number of H-pyrrole nitrogens is 1. The molecule has 0 bridgehead atoms. The van der Waals surface area contributed by atoms with E-state index in [1.54, 1.807) is 6.07 Å². The third-order valence-electron chi connectivity index (χ3n) is 4.70. The van der Waals surface area contributed by atoms with E-state index in [0.717, 1.165) is 25.7 Å². The number of carbonyl (C=O) groups excluding carboxylic acids is 1. The third kappa shape index (κ3) is 3.50. The van der Waals surface area contributed by atoms with Gasteiger partial charge in [-0.3, -0.25) is 9.59 Å². The summed E-state index contributed by atoms with van der Waals surface area (Å²) in [6, 6.07) is 12.2. The predicted molar refractivity (Wildman–Crippen MR) is 92.5 cm³/mol. The smallest absolute Gasteiger partial charge is 0.291 e. The Labute approximate surface area is 141 Å². The Hall–Kier alpha value is -2.56. The molecule has 0 saturated heterocycles. The van der Waals surface area contributed by atoms with Crippen LogP contribution in [0.3, 0.4) is 0 Å². The van der Waals surface area contributed by atoms with Crippen LogP contribution in [0.5, 0.6) is 5.75 Å². The Kier molecular flexibility index (Phi) is 4.99. The lowest BCUT2D eigenvalue weighted by Crippen LogP contribution is -2.38. The molecule has 1 fully saturated rings. The van der Waals surface area contributed by atoms with Crippen LogP contribution in [0.4, 0.5) is 0 Å². The van der Waals surface area contributed by atoms with E-state index in [0.29, 0.717) is 5.92 Å². The van der Waals surface area contributed by atoms with Crippen molar-refractivity contribution < 1.29 is 9.53 Å². The summed E-state index contributed by atoms with van der Waals surface area (Å²) in [5, 5.41) is 3.04. The second-order valence-electron chi connectivity index (χ2n) is 6.19. The molecule has 5 nitrogen and oxygen atoms in total. The number of hydrogen-bond acceptors (Lipinski definition) is 3. The van der Waals surface area contributed by atoms with Crippen LogP contribution in [0.1, 0.15) is 47.5 Å². The molecule has 0 radical (unpaired) electrons. The van der Waals surface area contributed by atoms with E-state index in [9.17, 15) is 9.59 Å². The number of ether oxygens (including phenoxy) is 1. The van der Waals surface area contributed by atoms with Gasteiger partial charge >= 0.3 is 0 Å². The second-order valence-corrected chi connectivity index (χ2v) is 6.19. The van der Waals surface area contributed by atoms with Gasteiger partial charge in [-0.1, -0.05) is 30.3 Å². The molecule has 24 heavy (non-hydrogen) atoms. The molecule has 0 atom stereocenters. The Balaban J connectivity index is 1.61. The molecule has 1 aromatic heterocycles. The normalized spacial score (nSPS) is 20.4. The number of aromatic nitrogens is 1. The molecule has 1 aliphatic carbocycles. The molecule has 1 saturated carbocycles. The Morgan fingerprint density at radius 1 is 1.12 bits per heavy atom. The van der Waals surface area contributed by atoms with Crippen molar-refractivity contribution in [2.75, 3.05) is 7.11 Å². The largest absolute Gasteiger partial charge is 0.491 e. The fraction of sp³-hybridized carbons (Fsp3) is 0.368. The highest BCUT2D eigenvalue weighted by atomic mass is 16.5. The van der Waals surface area contributed by atoms with Gasteiger partial charge in [0.25, 0.3) is 11.5 Å². The lowest BCUT2D eigenvalue weighted by molar-refractivity contribution is 0.0922. The first-order valence-corrected chi connectivity index (χ1v) is 8.30. The molecule has 1 heterocycles. The van der Waals surface area contributed by atoms with Crippen LogP contribution in [0.2, 0.25) is 0 Å². The summed E-state index contributed by atoms with van der Waals surface area (Å²) < 4.78 is 5.06. The number of hydrogen-bond donors (Lipinski definition) is 2. The van der Waals surface area contributed by atoms with Gasteiger partial charge in [-0.05, 0) is 43.2 Å². The highest BCUT2D eigenvalue weighted by Gasteiger charge is 2.25. The first kappa shape index (κ1) is 16.3. The van der Waals surface area contributed by atoms with Crippen molar-refractivity contribution in [2.24, 2.45) is 0 Å². The van der Waals surface area contributed by atoms with Crippen molar-refractivity contribution in [3.8, 4) is 5.75 Å². The first-order valence-electron chi connectivity index (χ1n) is 8.30. The summed E-state index contributed by atoms with van der Waals surface area (Å²) in [6.07, 6.45) is 5.46. The van der Waals surface area contributed by atoms with Crippen molar-refractivity contribution in [1.82, 2.24) is 10.3 Å². The standard InChI is InChI=1S/C19H22N2O3/c1-24-17-16(11-12-20-19(17)23)18(22)21-15-9-7-14(8-10-15)13-5-3-2-4-6-13/h2-6,11-12,14-15H,7-10H2,1H3,(H,20,23)(H,21,22)/t14-,15+. The summed E-state index contributed by atoms with van der Waals surface area (Å²) in [5.41, 5.74) is 1.27. The molecule has 5 heteroatoms. The lowest BCUT2D eigenvalue weighted by atomic mass is 9.82. The third-order valence-corrected chi connectivity index (χ3v) is 4.70. The number of nitrogens with one attached hydrogen (secondary N) is 2. The molecule has 2 N–H and O–H groups in total. The van der Waals surface area contributed by atoms with E-state index >= 15 is 0 Å². The second kappa shape index (κ2) is 7.34. The van der Waals surface area contributed by atoms with Crippen LogP contribution in [0.25, 0.3) is 0 Å². The highest BCUT2D eigenvalue weighted by Crippen LogP contribution is 2.32. The fourth-order valence-electron chi connectivity index (χ4n) is 3.41. The van der Waals surface area contributed by atoms with Gasteiger partial charge in [-0.15, -0.1) is 0 Å². The zero-order valence-electron chi connectivity index (χ0n) is 13.7. The van der Waals surface area contributed by atoms with E-state index in [1.807, 2.05) is 6.07 Å². The molecule has 1 amide bonds. The zero-order valence-corrected chi connectivity index (χ0v) is 13.7. The molecule has 3 rings (SSSR count). The van der Waals surface area contributed by atoms with Gasteiger partial charge in [-0.25, -0.2) is 0 Å². The van der Waals surface area contributed by atoms with Crippen LogP contribution >= 0.6 is 0 Å². The zero-order chi connectivity index (χ0) is 16.9. The van der Waals surface area contributed by atoms with Gasteiger partial charge in [-0.2, -0.15) is 0 Å². The van der Waals surface area contributed by atoms with Crippen molar-refractivity contribution in [3.05, 3.63) is 64.1 Å². The minimum absolute atomic E-state index is 0.0629. The lowest BCUT2D eigenvalue weighted by Gasteiger charge is -2.29.